The number of piperazine rings is 1. The van der Waals surface area contributed by atoms with Crippen LogP contribution in [0.2, 0.25) is 5.02 Å². The molecule has 0 aliphatic carbocycles. The Hall–Kier alpha value is -3.49. The second-order valence-electron chi connectivity index (χ2n) is 10.9. The molecule has 2 aliphatic heterocycles. The van der Waals surface area contributed by atoms with Crippen molar-refractivity contribution in [1.29, 1.82) is 0 Å². The lowest BCUT2D eigenvalue weighted by Gasteiger charge is -2.37. The molecule has 0 aromatic heterocycles. The fraction of sp³-hybridized carbons (Fsp3) is 0.483. The maximum Gasteiger partial charge on any atom is 0.390 e. The van der Waals surface area contributed by atoms with Crippen molar-refractivity contribution >= 4 is 40.7 Å². The lowest BCUT2D eigenvalue weighted by atomic mass is 9.96. The number of piperidine rings is 1. The Balaban J connectivity index is 1.34. The van der Waals surface area contributed by atoms with Crippen LogP contribution in [-0.4, -0.2) is 86.1 Å². The van der Waals surface area contributed by atoms with Gasteiger partial charge in [-0.2, -0.15) is 13.2 Å². The van der Waals surface area contributed by atoms with Crippen LogP contribution in [0.15, 0.2) is 30.3 Å². The van der Waals surface area contributed by atoms with Gasteiger partial charge >= 0.3 is 6.18 Å². The molecule has 2 fully saturated rings. The van der Waals surface area contributed by atoms with Gasteiger partial charge in [0.05, 0.1) is 29.9 Å². The van der Waals surface area contributed by atoms with Gasteiger partial charge in [0.15, 0.2) is 11.6 Å². The molecule has 2 aliphatic rings. The van der Waals surface area contributed by atoms with Gasteiger partial charge in [0, 0.05) is 55.8 Å². The highest BCUT2D eigenvalue weighted by Crippen LogP contribution is 2.31. The molecule has 44 heavy (non-hydrogen) atoms. The van der Waals surface area contributed by atoms with E-state index < -0.39 is 41.6 Å². The van der Waals surface area contributed by atoms with Crippen molar-refractivity contribution in [1.82, 2.24) is 15.1 Å². The van der Waals surface area contributed by atoms with Crippen molar-refractivity contribution in [2.24, 2.45) is 11.7 Å². The van der Waals surface area contributed by atoms with Crippen LogP contribution in [0.25, 0.3) is 0 Å². The van der Waals surface area contributed by atoms with Gasteiger partial charge in [-0.05, 0) is 50.2 Å². The van der Waals surface area contributed by atoms with Crippen LogP contribution in [0.1, 0.15) is 35.2 Å². The number of nitrogens with two attached hydrogens (primary N) is 1. The molecule has 0 bridgehead atoms. The largest absolute Gasteiger partial charge is 0.390 e. The number of benzene rings is 2. The standard InChI is InChI=1S/C29H34ClF5N6O3/c30-20-2-4-22(23(15-20)41-13-11-39(12-14-41)10-7-29(33,34)35)38-28(44)21-3-1-19(25(31)26(21)32)16-37-24(42)17-40-8-5-18(6-9-40)27(36)43/h1-4,15,18H,5-14,16-17H2,(H2,36,43)(H,37,42)(H,38,44). The number of nitrogens with zero attached hydrogens (tertiary/aromatic N) is 3. The van der Waals surface area contributed by atoms with Crippen molar-refractivity contribution in [2.75, 3.05) is 62.6 Å². The van der Waals surface area contributed by atoms with Crippen molar-refractivity contribution in [3.05, 3.63) is 58.1 Å². The van der Waals surface area contributed by atoms with Gasteiger partial charge in [-0.3, -0.25) is 24.2 Å². The fourth-order valence-corrected chi connectivity index (χ4v) is 5.46. The highest BCUT2D eigenvalue weighted by molar-refractivity contribution is 6.31. The molecule has 15 heteroatoms. The third kappa shape index (κ3) is 9.02. The highest BCUT2D eigenvalue weighted by atomic mass is 35.5. The number of nitrogens with one attached hydrogen (secondary N) is 2. The smallest absolute Gasteiger partial charge is 0.369 e. The van der Waals surface area contributed by atoms with E-state index in [0.717, 1.165) is 6.07 Å². The van der Waals surface area contributed by atoms with Crippen LogP contribution in [0.3, 0.4) is 0 Å². The third-order valence-corrected chi connectivity index (χ3v) is 8.11. The number of halogens is 6. The van der Waals surface area contributed by atoms with E-state index in [1.165, 1.54) is 18.2 Å². The number of likely N-dealkylation sites (tertiary alicyclic amines) is 1. The quantitative estimate of drug-likeness (QED) is 0.340. The monoisotopic (exact) mass is 644 g/mol. The van der Waals surface area contributed by atoms with Crippen LogP contribution in [0.4, 0.5) is 33.3 Å². The Morgan fingerprint density at radius 1 is 0.932 bits per heavy atom. The Morgan fingerprint density at radius 3 is 2.25 bits per heavy atom. The molecule has 3 amide bonds. The van der Waals surface area contributed by atoms with Gasteiger partial charge in [0.2, 0.25) is 11.8 Å². The molecule has 240 valence electrons. The van der Waals surface area contributed by atoms with Crippen molar-refractivity contribution in [3.63, 3.8) is 0 Å². The normalized spacial score (nSPS) is 17.0. The zero-order valence-corrected chi connectivity index (χ0v) is 24.6. The van der Waals surface area contributed by atoms with Gasteiger partial charge in [-0.15, -0.1) is 0 Å². The van der Waals surface area contributed by atoms with E-state index in [0.29, 0.717) is 62.8 Å². The Morgan fingerprint density at radius 2 is 1.61 bits per heavy atom. The summed E-state index contributed by atoms with van der Waals surface area (Å²) in [6.45, 7) is 2.12. The molecule has 2 saturated heterocycles. The minimum absolute atomic E-state index is 0.0299. The van der Waals surface area contributed by atoms with E-state index >= 15 is 4.39 Å². The van der Waals surface area contributed by atoms with E-state index in [1.807, 2.05) is 9.80 Å². The number of amides is 3. The number of carbonyl (C=O) groups excluding carboxylic acids is 3. The number of primary amides is 1. The molecular weight excluding hydrogens is 611 g/mol. The van der Waals surface area contributed by atoms with Crippen LogP contribution in [0, 0.1) is 17.6 Å². The van der Waals surface area contributed by atoms with Gasteiger partial charge in [-0.25, -0.2) is 8.78 Å². The molecule has 2 heterocycles. The Bertz CT molecular complexity index is 1360. The molecule has 0 spiro atoms. The summed E-state index contributed by atoms with van der Waals surface area (Å²) in [5.41, 5.74) is 5.41. The number of hydrogen-bond acceptors (Lipinski definition) is 6. The number of carbonyl (C=O) groups is 3. The number of hydrogen-bond donors (Lipinski definition) is 3. The third-order valence-electron chi connectivity index (χ3n) is 7.87. The summed E-state index contributed by atoms with van der Waals surface area (Å²) in [5.74, 6) is -4.55. The first-order valence-corrected chi connectivity index (χ1v) is 14.6. The molecule has 0 radical (unpaired) electrons. The van der Waals surface area contributed by atoms with E-state index in [4.69, 9.17) is 17.3 Å². The number of alkyl halides is 3. The van der Waals surface area contributed by atoms with Crippen molar-refractivity contribution in [2.45, 2.75) is 32.0 Å². The lowest BCUT2D eigenvalue weighted by Crippen LogP contribution is -2.47. The predicted molar refractivity (Wildman–Crippen MR) is 155 cm³/mol. The van der Waals surface area contributed by atoms with Crippen LogP contribution < -0.4 is 21.3 Å². The Labute approximate surface area is 256 Å². The molecule has 0 atom stereocenters. The first-order chi connectivity index (χ1) is 20.8. The maximum atomic E-state index is 15.0. The van der Waals surface area contributed by atoms with E-state index in [9.17, 15) is 31.9 Å². The summed E-state index contributed by atoms with van der Waals surface area (Å²) in [5, 5.41) is 5.49. The summed E-state index contributed by atoms with van der Waals surface area (Å²) >= 11 is 6.17. The first kappa shape index (κ1) is 33.4. The summed E-state index contributed by atoms with van der Waals surface area (Å²) in [6.07, 6.45) is -4.05. The molecule has 4 rings (SSSR count). The van der Waals surface area contributed by atoms with Crippen LogP contribution in [0.5, 0.6) is 0 Å². The second kappa shape index (κ2) is 14.5. The predicted octanol–water partition coefficient (Wildman–Crippen LogP) is 3.76. The highest BCUT2D eigenvalue weighted by Gasteiger charge is 2.29. The molecule has 4 N–H and O–H groups in total. The average molecular weight is 645 g/mol. The summed E-state index contributed by atoms with van der Waals surface area (Å²) in [6, 6.07) is 6.96. The molecule has 0 unspecified atom stereocenters. The minimum atomic E-state index is -4.24. The SMILES string of the molecule is NC(=O)C1CCN(CC(=O)NCc2ccc(C(=O)Nc3ccc(Cl)cc3N3CCN(CCC(F)(F)F)CC3)c(F)c2F)CC1. The van der Waals surface area contributed by atoms with Gasteiger partial charge < -0.3 is 21.3 Å². The van der Waals surface area contributed by atoms with Crippen molar-refractivity contribution in [3.8, 4) is 0 Å². The van der Waals surface area contributed by atoms with Gasteiger partial charge in [-0.1, -0.05) is 17.7 Å². The van der Waals surface area contributed by atoms with Crippen molar-refractivity contribution < 1.29 is 36.3 Å². The van der Waals surface area contributed by atoms with Crippen LogP contribution in [-0.2, 0) is 16.1 Å². The summed E-state index contributed by atoms with van der Waals surface area (Å²) in [4.78, 5) is 42.1. The van der Waals surface area contributed by atoms with Crippen LogP contribution >= 0.6 is 11.6 Å². The second-order valence-corrected chi connectivity index (χ2v) is 11.4. The zero-order chi connectivity index (χ0) is 32.0. The molecule has 2 aromatic carbocycles. The molecule has 0 saturated carbocycles. The maximum absolute atomic E-state index is 15.0. The molecule has 9 nitrogen and oxygen atoms in total. The van der Waals surface area contributed by atoms with Gasteiger partial charge in [0.25, 0.3) is 5.91 Å². The van der Waals surface area contributed by atoms with E-state index in [2.05, 4.69) is 10.6 Å². The Kier molecular flexibility index (Phi) is 11.0. The molecule has 2 aromatic rings. The first-order valence-electron chi connectivity index (χ1n) is 14.2. The summed E-state index contributed by atoms with van der Waals surface area (Å²) < 4.78 is 67.7. The number of anilines is 2. The minimum Gasteiger partial charge on any atom is -0.369 e. The average Bonchev–Trinajstić information content (AvgIpc) is 2.98. The summed E-state index contributed by atoms with van der Waals surface area (Å²) in [7, 11) is 0. The van der Waals surface area contributed by atoms with E-state index in [-0.39, 0.29) is 42.7 Å². The van der Waals surface area contributed by atoms with Gasteiger partial charge in [0.1, 0.15) is 0 Å². The fourth-order valence-electron chi connectivity index (χ4n) is 5.29. The van der Waals surface area contributed by atoms with E-state index in [1.54, 1.807) is 11.0 Å². The topological polar surface area (TPSA) is 111 Å². The number of rotatable bonds is 10. The molecular formula is C29H34ClF5N6O3. The zero-order valence-electron chi connectivity index (χ0n) is 23.9. The lowest BCUT2D eigenvalue weighted by molar-refractivity contribution is -0.138.